The molecule has 8 nitrogen and oxygen atoms in total. The van der Waals surface area contributed by atoms with Gasteiger partial charge in [0.1, 0.15) is 5.66 Å². The van der Waals surface area contributed by atoms with Gasteiger partial charge in [-0.25, -0.2) is 0 Å². The summed E-state index contributed by atoms with van der Waals surface area (Å²) in [5.41, 5.74) is 9.57. The molecule has 0 saturated heterocycles. The summed E-state index contributed by atoms with van der Waals surface area (Å²) < 4.78 is 64.6. The van der Waals surface area contributed by atoms with E-state index in [0.717, 1.165) is 12.1 Å². The van der Waals surface area contributed by atoms with Crippen LogP contribution in [0.1, 0.15) is 11.5 Å². The van der Waals surface area contributed by atoms with Gasteiger partial charge in [-0.05, 0) is 23.8 Å². The average Bonchev–Trinajstić information content (AvgIpc) is 2.36. The number of nitrogens with two attached hydrogens (primary N) is 2. The van der Waals surface area contributed by atoms with Gasteiger partial charge in [-0.15, -0.1) is 0 Å². The lowest BCUT2D eigenvalue weighted by Gasteiger charge is -2.27. The SMILES string of the molecule is NC1(N)C=CC(c2ccccc2S(=O)(=O)O)C(S(=O)(=O)O)=C1. The van der Waals surface area contributed by atoms with E-state index in [1.54, 1.807) is 0 Å². The Labute approximate surface area is 127 Å². The minimum Gasteiger partial charge on any atom is -0.307 e. The van der Waals surface area contributed by atoms with Crippen molar-refractivity contribution in [2.45, 2.75) is 16.5 Å². The molecule has 22 heavy (non-hydrogen) atoms. The molecule has 1 aliphatic carbocycles. The lowest BCUT2D eigenvalue weighted by molar-refractivity contribution is 0.478. The van der Waals surface area contributed by atoms with Gasteiger partial charge >= 0.3 is 0 Å². The lowest BCUT2D eigenvalue weighted by atomic mass is 9.91. The summed E-state index contributed by atoms with van der Waals surface area (Å²) in [5.74, 6) is -1.15. The molecule has 0 bridgehead atoms. The quantitative estimate of drug-likeness (QED) is 0.337. The Morgan fingerprint density at radius 2 is 1.59 bits per heavy atom. The number of hydrogen-bond acceptors (Lipinski definition) is 6. The highest BCUT2D eigenvalue weighted by atomic mass is 32.2. The van der Waals surface area contributed by atoms with Gasteiger partial charge in [0.25, 0.3) is 20.2 Å². The van der Waals surface area contributed by atoms with Crippen molar-refractivity contribution in [3.63, 3.8) is 0 Å². The number of hydrogen-bond donors (Lipinski definition) is 4. The van der Waals surface area contributed by atoms with Crippen molar-refractivity contribution in [3.05, 3.63) is 53.0 Å². The summed E-state index contributed by atoms with van der Waals surface area (Å²) in [6, 6.07) is 5.27. The summed E-state index contributed by atoms with van der Waals surface area (Å²) in [7, 11) is -9.26. The van der Waals surface area contributed by atoms with E-state index < -0.39 is 41.6 Å². The fraction of sp³-hybridized carbons (Fsp3) is 0.167. The molecule has 0 amide bonds. The van der Waals surface area contributed by atoms with Crippen LogP contribution in [0.2, 0.25) is 0 Å². The summed E-state index contributed by atoms with van der Waals surface area (Å²) in [5, 5.41) is 0. The highest BCUT2D eigenvalue weighted by Crippen LogP contribution is 2.36. The van der Waals surface area contributed by atoms with Gasteiger partial charge < -0.3 is 11.5 Å². The number of rotatable bonds is 3. The van der Waals surface area contributed by atoms with E-state index in [2.05, 4.69) is 0 Å². The van der Waals surface area contributed by atoms with Gasteiger partial charge in [-0.1, -0.05) is 24.3 Å². The molecule has 0 saturated carbocycles. The molecule has 0 aliphatic heterocycles. The molecule has 1 aromatic carbocycles. The van der Waals surface area contributed by atoms with E-state index in [-0.39, 0.29) is 5.56 Å². The molecule has 2 rings (SSSR count). The number of allylic oxidation sites excluding steroid dienone is 2. The maximum Gasteiger partial charge on any atom is 0.294 e. The second-order valence-electron chi connectivity index (χ2n) is 4.87. The first-order valence-corrected chi connectivity index (χ1v) is 8.83. The normalized spacial score (nSPS) is 21.5. The van der Waals surface area contributed by atoms with Crippen molar-refractivity contribution in [1.82, 2.24) is 0 Å². The van der Waals surface area contributed by atoms with Gasteiger partial charge in [-0.2, -0.15) is 16.8 Å². The summed E-state index contributed by atoms with van der Waals surface area (Å²) in [6.07, 6.45) is 3.45. The predicted molar refractivity (Wildman–Crippen MR) is 78.9 cm³/mol. The maximum atomic E-state index is 11.5. The van der Waals surface area contributed by atoms with Crippen molar-refractivity contribution in [3.8, 4) is 0 Å². The van der Waals surface area contributed by atoms with Crippen LogP contribution in [0.25, 0.3) is 0 Å². The number of benzene rings is 1. The van der Waals surface area contributed by atoms with Crippen molar-refractivity contribution < 1.29 is 25.9 Å². The van der Waals surface area contributed by atoms with Gasteiger partial charge in [0.2, 0.25) is 0 Å². The van der Waals surface area contributed by atoms with E-state index in [0.29, 0.717) is 0 Å². The summed E-state index contributed by atoms with van der Waals surface area (Å²) in [6.45, 7) is 0. The van der Waals surface area contributed by atoms with Crippen molar-refractivity contribution in [2.24, 2.45) is 11.5 Å². The Morgan fingerprint density at radius 1 is 1.00 bits per heavy atom. The first-order chi connectivity index (χ1) is 9.92. The molecule has 10 heteroatoms. The van der Waals surface area contributed by atoms with Gasteiger partial charge in [0, 0.05) is 5.92 Å². The van der Waals surface area contributed by atoms with Crippen molar-refractivity contribution in [2.75, 3.05) is 0 Å². The van der Waals surface area contributed by atoms with E-state index in [1.165, 1.54) is 30.4 Å². The zero-order chi connectivity index (χ0) is 16.8. The molecule has 6 N–H and O–H groups in total. The molecule has 0 aromatic heterocycles. The third kappa shape index (κ3) is 3.43. The molecular weight excluding hydrogens is 332 g/mol. The van der Waals surface area contributed by atoms with Crippen molar-refractivity contribution in [1.29, 1.82) is 0 Å². The Kier molecular flexibility index (Phi) is 4.02. The first kappa shape index (κ1) is 16.8. The Hall–Kier alpha value is -1.56. The first-order valence-electron chi connectivity index (χ1n) is 5.95. The molecule has 0 radical (unpaired) electrons. The maximum absolute atomic E-state index is 11.5. The minimum absolute atomic E-state index is 0.0272. The fourth-order valence-electron chi connectivity index (χ4n) is 2.21. The molecule has 0 spiro atoms. The van der Waals surface area contributed by atoms with Crippen molar-refractivity contribution >= 4 is 20.2 Å². The minimum atomic E-state index is -4.68. The topological polar surface area (TPSA) is 161 Å². The van der Waals surface area contributed by atoms with Crippen LogP contribution in [0.3, 0.4) is 0 Å². The second kappa shape index (κ2) is 5.26. The van der Waals surface area contributed by atoms with Gasteiger partial charge in [-0.3, -0.25) is 9.11 Å². The van der Waals surface area contributed by atoms with Crippen LogP contribution in [-0.4, -0.2) is 31.6 Å². The van der Waals surface area contributed by atoms with Crippen LogP contribution in [0.4, 0.5) is 0 Å². The Bertz CT molecular complexity index is 869. The van der Waals surface area contributed by atoms with E-state index in [1.807, 2.05) is 0 Å². The van der Waals surface area contributed by atoms with Crippen LogP contribution in [0.15, 0.2) is 52.3 Å². The summed E-state index contributed by atoms with van der Waals surface area (Å²) >= 11 is 0. The monoisotopic (exact) mass is 346 g/mol. The zero-order valence-corrected chi connectivity index (χ0v) is 12.8. The predicted octanol–water partition coefficient (Wildman–Crippen LogP) is -0.0279. The Balaban J connectivity index is 2.71. The lowest BCUT2D eigenvalue weighted by Crippen LogP contribution is -2.47. The van der Waals surface area contributed by atoms with Gasteiger partial charge in [0.05, 0.1) is 9.80 Å². The molecule has 1 atom stereocenters. The average molecular weight is 346 g/mol. The molecular formula is C12H14N2O6S2. The third-order valence-electron chi connectivity index (χ3n) is 3.11. The zero-order valence-electron chi connectivity index (χ0n) is 11.1. The summed E-state index contributed by atoms with van der Waals surface area (Å²) in [4.78, 5) is -1.03. The van der Waals surface area contributed by atoms with Crippen LogP contribution in [0.5, 0.6) is 0 Å². The molecule has 1 unspecified atom stereocenters. The molecule has 0 heterocycles. The third-order valence-corrected chi connectivity index (χ3v) is 5.00. The highest BCUT2D eigenvalue weighted by molar-refractivity contribution is 7.89. The molecule has 0 fully saturated rings. The Morgan fingerprint density at radius 3 is 2.14 bits per heavy atom. The van der Waals surface area contributed by atoms with Gasteiger partial charge in [0.15, 0.2) is 0 Å². The van der Waals surface area contributed by atoms with Crippen LogP contribution < -0.4 is 11.5 Å². The van der Waals surface area contributed by atoms with Crippen LogP contribution >= 0.6 is 0 Å². The molecule has 1 aromatic rings. The van der Waals surface area contributed by atoms with E-state index >= 15 is 0 Å². The van der Waals surface area contributed by atoms with Crippen LogP contribution in [-0.2, 0) is 20.2 Å². The molecule has 120 valence electrons. The standard InChI is InChI=1S/C12H14N2O6S2/c13-12(14)6-5-9(11(7-12)22(18,19)20)8-3-1-2-4-10(8)21(15,16)17/h1-7,9H,13-14H2,(H,15,16,17)(H,18,19,20). The van der Waals surface area contributed by atoms with E-state index in [9.17, 15) is 25.9 Å². The largest absolute Gasteiger partial charge is 0.307 e. The fourth-order valence-corrected chi connectivity index (χ4v) is 3.83. The highest BCUT2D eigenvalue weighted by Gasteiger charge is 2.34. The van der Waals surface area contributed by atoms with Crippen LogP contribution in [0, 0.1) is 0 Å². The van der Waals surface area contributed by atoms with E-state index in [4.69, 9.17) is 11.5 Å². The molecule has 1 aliphatic rings. The smallest absolute Gasteiger partial charge is 0.294 e. The second-order valence-corrected chi connectivity index (χ2v) is 7.68.